The van der Waals surface area contributed by atoms with E-state index < -0.39 is 0 Å². The molecule has 1 fully saturated rings. The van der Waals surface area contributed by atoms with Gasteiger partial charge in [0.25, 0.3) is 0 Å². The lowest BCUT2D eigenvalue weighted by Gasteiger charge is -2.38. The maximum Gasteiger partial charge on any atom is 0.208 e. The van der Waals surface area contributed by atoms with E-state index in [1.165, 1.54) is 11.1 Å². The molecule has 2 aromatic carbocycles. The van der Waals surface area contributed by atoms with Crippen LogP contribution in [-0.4, -0.2) is 61.1 Å². The summed E-state index contributed by atoms with van der Waals surface area (Å²) in [6, 6.07) is 14.6. The molecule has 0 bridgehead atoms. The minimum Gasteiger partial charge on any atom is -0.493 e. The number of rotatable bonds is 7. The molecule has 3 heterocycles. The number of para-hydroxylation sites is 2. The van der Waals surface area contributed by atoms with E-state index >= 15 is 0 Å². The van der Waals surface area contributed by atoms with Gasteiger partial charge in [-0.1, -0.05) is 18.2 Å². The maximum atomic E-state index is 5.93. The Balaban J connectivity index is 1.36. The molecule has 0 saturated carbocycles. The van der Waals surface area contributed by atoms with Crippen LogP contribution in [0.3, 0.4) is 0 Å². The number of aromatic nitrogens is 2. The van der Waals surface area contributed by atoms with Gasteiger partial charge in [0.1, 0.15) is 0 Å². The van der Waals surface area contributed by atoms with Crippen LogP contribution in [-0.2, 0) is 17.8 Å². The van der Waals surface area contributed by atoms with Gasteiger partial charge in [-0.3, -0.25) is 9.47 Å². The van der Waals surface area contributed by atoms with Gasteiger partial charge in [0.05, 0.1) is 44.7 Å². The number of ether oxygens (including phenoxy) is 3. The Bertz CT molecular complexity index is 1040. The first-order valence-electron chi connectivity index (χ1n) is 11.0. The van der Waals surface area contributed by atoms with E-state index in [0.29, 0.717) is 6.10 Å². The molecule has 0 aliphatic carbocycles. The number of hydrogen-bond acceptors (Lipinski definition) is 6. The molecule has 3 aromatic rings. The summed E-state index contributed by atoms with van der Waals surface area (Å²) >= 11 is 0. The molecule has 7 heteroatoms. The molecular weight excluding hydrogens is 392 g/mol. The average molecular weight is 423 g/mol. The number of imidazole rings is 1. The lowest BCUT2D eigenvalue weighted by atomic mass is 10.1. The fourth-order valence-electron chi connectivity index (χ4n) is 4.63. The Labute approximate surface area is 183 Å². The van der Waals surface area contributed by atoms with Gasteiger partial charge in [0.2, 0.25) is 5.95 Å². The molecule has 164 valence electrons. The summed E-state index contributed by atoms with van der Waals surface area (Å²) in [6.07, 6.45) is 3.51. The Morgan fingerprint density at radius 1 is 1.06 bits per heavy atom. The third-order valence-electron chi connectivity index (χ3n) is 6.24. The first-order chi connectivity index (χ1) is 15.2. The number of benzene rings is 2. The summed E-state index contributed by atoms with van der Waals surface area (Å²) in [5.74, 6) is 2.60. The van der Waals surface area contributed by atoms with E-state index in [9.17, 15) is 0 Å². The van der Waals surface area contributed by atoms with Crippen LogP contribution in [0.2, 0.25) is 0 Å². The van der Waals surface area contributed by atoms with Crippen molar-refractivity contribution in [3.63, 3.8) is 0 Å². The summed E-state index contributed by atoms with van der Waals surface area (Å²) in [5, 5.41) is 0. The predicted octanol–water partition coefficient (Wildman–Crippen LogP) is 3.51. The lowest BCUT2D eigenvalue weighted by Crippen LogP contribution is -2.48. The number of hydrogen-bond donors (Lipinski definition) is 0. The van der Waals surface area contributed by atoms with Gasteiger partial charge >= 0.3 is 0 Å². The molecule has 0 spiro atoms. The van der Waals surface area contributed by atoms with Crippen molar-refractivity contribution >= 4 is 17.0 Å². The highest BCUT2D eigenvalue weighted by molar-refractivity contribution is 5.79. The van der Waals surface area contributed by atoms with Crippen molar-refractivity contribution < 1.29 is 14.2 Å². The highest BCUT2D eigenvalue weighted by Crippen LogP contribution is 2.30. The van der Waals surface area contributed by atoms with Gasteiger partial charge in [-0.2, -0.15) is 0 Å². The zero-order valence-corrected chi connectivity index (χ0v) is 18.3. The zero-order valence-electron chi connectivity index (χ0n) is 18.3. The SMILES string of the molecule is COc1ccc(CCN2CN(C[C@@H]3CCCO3)c3nc4ccccc4n3C2)cc1OC. The third kappa shape index (κ3) is 4.07. The summed E-state index contributed by atoms with van der Waals surface area (Å²) in [6.45, 7) is 4.40. The van der Waals surface area contributed by atoms with Crippen LogP contribution >= 0.6 is 0 Å². The second kappa shape index (κ2) is 8.77. The molecule has 2 aliphatic rings. The van der Waals surface area contributed by atoms with E-state index in [1.54, 1.807) is 14.2 Å². The Morgan fingerprint density at radius 3 is 2.74 bits per heavy atom. The molecule has 1 aromatic heterocycles. The molecule has 31 heavy (non-hydrogen) atoms. The van der Waals surface area contributed by atoms with Gasteiger partial charge in [-0.15, -0.1) is 0 Å². The highest BCUT2D eigenvalue weighted by Gasteiger charge is 2.29. The molecule has 0 amide bonds. The first-order valence-corrected chi connectivity index (χ1v) is 11.0. The van der Waals surface area contributed by atoms with Gasteiger partial charge in [0.15, 0.2) is 11.5 Å². The number of anilines is 1. The highest BCUT2D eigenvalue weighted by atomic mass is 16.5. The van der Waals surface area contributed by atoms with E-state index in [1.807, 2.05) is 6.07 Å². The molecule has 0 radical (unpaired) electrons. The van der Waals surface area contributed by atoms with Crippen molar-refractivity contribution in [2.75, 3.05) is 45.5 Å². The monoisotopic (exact) mass is 422 g/mol. The second-order valence-corrected chi connectivity index (χ2v) is 8.30. The number of methoxy groups -OCH3 is 2. The van der Waals surface area contributed by atoms with Crippen molar-refractivity contribution in [2.24, 2.45) is 0 Å². The van der Waals surface area contributed by atoms with Crippen molar-refractivity contribution in [3.8, 4) is 11.5 Å². The number of fused-ring (bicyclic) bond motifs is 3. The van der Waals surface area contributed by atoms with E-state index in [4.69, 9.17) is 19.2 Å². The van der Waals surface area contributed by atoms with Crippen LogP contribution in [0.15, 0.2) is 42.5 Å². The first kappa shape index (κ1) is 20.2. The lowest BCUT2D eigenvalue weighted by molar-refractivity contribution is 0.107. The van der Waals surface area contributed by atoms with Crippen LogP contribution in [0.4, 0.5) is 5.95 Å². The normalized spacial score (nSPS) is 19.0. The third-order valence-corrected chi connectivity index (χ3v) is 6.24. The molecular formula is C24H30N4O3. The summed E-state index contributed by atoms with van der Waals surface area (Å²) in [7, 11) is 3.35. The average Bonchev–Trinajstić information content (AvgIpc) is 3.45. The molecule has 7 nitrogen and oxygen atoms in total. The van der Waals surface area contributed by atoms with Crippen molar-refractivity contribution in [1.82, 2.24) is 14.5 Å². The van der Waals surface area contributed by atoms with Crippen LogP contribution in [0.1, 0.15) is 18.4 Å². The Hall–Kier alpha value is -2.77. The molecule has 1 saturated heterocycles. The Morgan fingerprint density at radius 2 is 1.94 bits per heavy atom. The molecule has 2 aliphatic heterocycles. The van der Waals surface area contributed by atoms with E-state index in [0.717, 1.165) is 75.3 Å². The van der Waals surface area contributed by atoms with Crippen LogP contribution in [0, 0.1) is 0 Å². The second-order valence-electron chi connectivity index (χ2n) is 8.30. The molecule has 0 N–H and O–H groups in total. The Kier molecular flexibility index (Phi) is 5.70. The van der Waals surface area contributed by atoms with Gasteiger partial charge < -0.3 is 19.1 Å². The topological polar surface area (TPSA) is 52.0 Å². The quantitative estimate of drug-likeness (QED) is 0.581. The minimum atomic E-state index is 0.291. The predicted molar refractivity (Wildman–Crippen MR) is 121 cm³/mol. The van der Waals surface area contributed by atoms with Crippen LogP contribution < -0.4 is 14.4 Å². The van der Waals surface area contributed by atoms with Gasteiger partial charge in [0, 0.05) is 19.7 Å². The summed E-state index contributed by atoms with van der Waals surface area (Å²) in [5.41, 5.74) is 3.48. The van der Waals surface area contributed by atoms with Gasteiger partial charge in [-0.25, -0.2) is 4.98 Å². The van der Waals surface area contributed by atoms with Gasteiger partial charge in [-0.05, 0) is 49.1 Å². The van der Waals surface area contributed by atoms with Crippen LogP contribution in [0.5, 0.6) is 11.5 Å². The number of nitrogens with zero attached hydrogens (tertiary/aromatic N) is 4. The zero-order chi connectivity index (χ0) is 21.2. The van der Waals surface area contributed by atoms with Crippen LogP contribution in [0.25, 0.3) is 11.0 Å². The maximum absolute atomic E-state index is 5.93. The smallest absolute Gasteiger partial charge is 0.208 e. The van der Waals surface area contributed by atoms with Crippen molar-refractivity contribution in [1.29, 1.82) is 0 Å². The van der Waals surface area contributed by atoms with Crippen molar-refractivity contribution in [3.05, 3.63) is 48.0 Å². The largest absolute Gasteiger partial charge is 0.493 e. The fourth-order valence-corrected chi connectivity index (χ4v) is 4.63. The molecule has 5 rings (SSSR count). The van der Waals surface area contributed by atoms with Crippen molar-refractivity contribution in [2.45, 2.75) is 32.0 Å². The molecule has 1 atom stereocenters. The van der Waals surface area contributed by atoms with E-state index in [-0.39, 0.29) is 0 Å². The summed E-state index contributed by atoms with van der Waals surface area (Å²) < 4.78 is 19.1. The fraction of sp³-hybridized carbons (Fsp3) is 0.458. The van der Waals surface area contributed by atoms with E-state index in [2.05, 4.69) is 50.8 Å². The minimum absolute atomic E-state index is 0.291. The standard InChI is InChI=1S/C24H30N4O3/c1-29-22-10-9-18(14-23(22)30-2)11-12-26-16-27(15-19-6-5-13-31-19)24-25-20-7-3-4-8-21(20)28(24)17-26/h3-4,7-10,14,19H,5-6,11-13,15-17H2,1-2H3/t19-/m0/s1. The summed E-state index contributed by atoms with van der Waals surface area (Å²) in [4.78, 5) is 9.81. The molecule has 0 unspecified atom stereocenters.